The molecule has 0 radical (unpaired) electrons. The summed E-state index contributed by atoms with van der Waals surface area (Å²) in [6, 6.07) is 3.85. The van der Waals surface area contributed by atoms with E-state index < -0.39 is 10.7 Å². The molecule has 0 aromatic heterocycles. The van der Waals surface area contributed by atoms with Crippen molar-refractivity contribution in [2.45, 2.75) is 26.3 Å². The lowest BCUT2D eigenvalue weighted by atomic mass is 10.1. The second-order valence-corrected chi connectivity index (χ2v) is 3.89. The number of rotatable bonds is 5. The Hall–Kier alpha value is -1.49. The molecule has 0 spiro atoms. The van der Waals surface area contributed by atoms with E-state index in [9.17, 15) is 14.5 Å². The minimum atomic E-state index is -0.482. The fraction of sp³-hybridized carbons (Fsp3) is 0.455. The predicted octanol–water partition coefficient (Wildman–Crippen LogP) is 2.27. The maximum atomic E-state index is 13.0. The number of benzene rings is 1. The molecule has 0 atom stereocenters. The van der Waals surface area contributed by atoms with E-state index in [1.165, 1.54) is 12.1 Å². The van der Waals surface area contributed by atoms with Gasteiger partial charge in [0, 0.05) is 17.7 Å². The Labute approximate surface area is 93.6 Å². The van der Waals surface area contributed by atoms with Crippen LogP contribution in [-0.4, -0.2) is 17.5 Å². The zero-order valence-electron chi connectivity index (χ0n) is 9.37. The molecule has 1 N–H and O–H groups in total. The summed E-state index contributed by atoms with van der Waals surface area (Å²) >= 11 is 0. The number of nitro benzene ring substituents is 1. The van der Waals surface area contributed by atoms with Crippen molar-refractivity contribution >= 4 is 5.69 Å². The fourth-order valence-corrected chi connectivity index (χ4v) is 1.43. The molecular formula is C11H15FN2O2. The van der Waals surface area contributed by atoms with E-state index in [0.29, 0.717) is 24.6 Å². The highest BCUT2D eigenvalue weighted by molar-refractivity contribution is 5.40. The molecule has 0 aliphatic heterocycles. The van der Waals surface area contributed by atoms with Crippen molar-refractivity contribution in [2.75, 3.05) is 6.54 Å². The number of nitro groups is 1. The topological polar surface area (TPSA) is 55.2 Å². The molecule has 0 saturated carbocycles. The van der Waals surface area contributed by atoms with Gasteiger partial charge in [-0.3, -0.25) is 10.1 Å². The van der Waals surface area contributed by atoms with Gasteiger partial charge >= 0.3 is 0 Å². The Morgan fingerprint density at radius 3 is 2.75 bits per heavy atom. The van der Waals surface area contributed by atoms with E-state index in [1.807, 2.05) is 13.8 Å². The monoisotopic (exact) mass is 226 g/mol. The molecule has 1 aromatic rings. The summed E-state index contributed by atoms with van der Waals surface area (Å²) in [5.74, 6) is -0.440. The second-order valence-electron chi connectivity index (χ2n) is 3.89. The smallest absolute Gasteiger partial charge is 0.272 e. The van der Waals surface area contributed by atoms with Gasteiger partial charge in [0.1, 0.15) is 5.82 Å². The molecule has 0 aliphatic carbocycles. The van der Waals surface area contributed by atoms with Gasteiger partial charge in [0.15, 0.2) is 0 Å². The standard InChI is InChI=1S/C11H15FN2O2/c1-8(2)13-6-5-9-7-10(12)3-4-11(9)14(15)16/h3-4,7-8,13H,5-6H2,1-2H3. The van der Waals surface area contributed by atoms with Gasteiger partial charge in [-0.15, -0.1) is 0 Å². The summed E-state index contributed by atoms with van der Waals surface area (Å²) in [4.78, 5) is 10.2. The van der Waals surface area contributed by atoms with Gasteiger partial charge in [-0.2, -0.15) is 0 Å². The van der Waals surface area contributed by atoms with Crippen LogP contribution >= 0.6 is 0 Å². The number of nitrogens with one attached hydrogen (secondary N) is 1. The first-order valence-corrected chi connectivity index (χ1v) is 5.17. The zero-order valence-corrected chi connectivity index (χ0v) is 9.37. The third-order valence-corrected chi connectivity index (χ3v) is 2.19. The summed E-state index contributed by atoms with van der Waals surface area (Å²) < 4.78 is 13.0. The van der Waals surface area contributed by atoms with E-state index in [2.05, 4.69) is 5.32 Å². The summed E-state index contributed by atoms with van der Waals surface area (Å²) in [6.45, 7) is 4.57. The van der Waals surface area contributed by atoms with Crippen LogP contribution in [0.25, 0.3) is 0 Å². The molecule has 0 amide bonds. The van der Waals surface area contributed by atoms with Gasteiger partial charge in [-0.05, 0) is 25.1 Å². The van der Waals surface area contributed by atoms with Crippen molar-refractivity contribution in [3.8, 4) is 0 Å². The van der Waals surface area contributed by atoms with Crippen LogP contribution in [0.5, 0.6) is 0 Å². The lowest BCUT2D eigenvalue weighted by Gasteiger charge is -2.08. The number of hydrogen-bond acceptors (Lipinski definition) is 3. The van der Waals surface area contributed by atoms with Crippen LogP contribution < -0.4 is 5.32 Å². The molecule has 1 rings (SSSR count). The van der Waals surface area contributed by atoms with Gasteiger partial charge in [-0.1, -0.05) is 13.8 Å². The Morgan fingerprint density at radius 2 is 2.19 bits per heavy atom. The minimum absolute atomic E-state index is 0.0213. The van der Waals surface area contributed by atoms with E-state index >= 15 is 0 Å². The predicted molar refractivity (Wildman–Crippen MR) is 59.9 cm³/mol. The largest absolute Gasteiger partial charge is 0.314 e. The Morgan fingerprint density at radius 1 is 1.50 bits per heavy atom. The molecule has 0 aliphatic rings. The van der Waals surface area contributed by atoms with Crippen LogP contribution in [0, 0.1) is 15.9 Å². The average molecular weight is 226 g/mol. The molecule has 0 fully saturated rings. The van der Waals surface area contributed by atoms with E-state index in [-0.39, 0.29) is 5.69 Å². The van der Waals surface area contributed by atoms with Crippen molar-refractivity contribution < 1.29 is 9.31 Å². The molecule has 0 heterocycles. The van der Waals surface area contributed by atoms with E-state index in [0.717, 1.165) is 6.07 Å². The third-order valence-electron chi connectivity index (χ3n) is 2.19. The van der Waals surface area contributed by atoms with Crippen molar-refractivity contribution in [1.29, 1.82) is 0 Å². The molecule has 16 heavy (non-hydrogen) atoms. The third kappa shape index (κ3) is 3.58. The van der Waals surface area contributed by atoms with E-state index in [4.69, 9.17) is 0 Å². The highest BCUT2D eigenvalue weighted by atomic mass is 19.1. The van der Waals surface area contributed by atoms with Crippen LogP contribution in [0.4, 0.5) is 10.1 Å². The highest BCUT2D eigenvalue weighted by Crippen LogP contribution is 2.19. The molecule has 5 heteroatoms. The molecular weight excluding hydrogens is 211 g/mol. The lowest BCUT2D eigenvalue weighted by Crippen LogP contribution is -2.25. The van der Waals surface area contributed by atoms with Crippen molar-refractivity contribution in [3.63, 3.8) is 0 Å². The van der Waals surface area contributed by atoms with E-state index in [1.54, 1.807) is 0 Å². The molecule has 1 aromatic carbocycles. The number of hydrogen-bond donors (Lipinski definition) is 1. The fourth-order valence-electron chi connectivity index (χ4n) is 1.43. The highest BCUT2D eigenvalue weighted by Gasteiger charge is 2.13. The Balaban J connectivity index is 2.76. The maximum Gasteiger partial charge on any atom is 0.272 e. The Kier molecular flexibility index (Phi) is 4.37. The quantitative estimate of drug-likeness (QED) is 0.619. The second kappa shape index (κ2) is 5.55. The minimum Gasteiger partial charge on any atom is -0.314 e. The summed E-state index contributed by atoms with van der Waals surface area (Å²) in [5, 5.41) is 13.8. The average Bonchev–Trinajstić information content (AvgIpc) is 2.16. The van der Waals surface area contributed by atoms with Crippen LogP contribution in [0.1, 0.15) is 19.4 Å². The lowest BCUT2D eigenvalue weighted by molar-refractivity contribution is -0.385. The van der Waals surface area contributed by atoms with Gasteiger partial charge < -0.3 is 5.32 Å². The summed E-state index contributed by atoms with van der Waals surface area (Å²) in [7, 11) is 0. The molecule has 88 valence electrons. The van der Waals surface area contributed by atoms with Gasteiger partial charge in [0.25, 0.3) is 5.69 Å². The van der Waals surface area contributed by atoms with Gasteiger partial charge in [-0.25, -0.2) is 4.39 Å². The van der Waals surface area contributed by atoms with Crippen molar-refractivity contribution in [3.05, 3.63) is 39.7 Å². The first kappa shape index (κ1) is 12.6. The van der Waals surface area contributed by atoms with Gasteiger partial charge in [0.05, 0.1) is 4.92 Å². The number of nitrogens with zero attached hydrogens (tertiary/aromatic N) is 1. The SMILES string of the molecule is CC(C)NCCc1cc(F)ccc1[N+](=O)[O-]. The first-order valence-electron chi connectivity index (χ1n) is 5.17. The normalized spacial score (nSPS) is 10.8. The van der Waals surface area contributed by atoms with Crippen molar-refractivity contribution in [2.24, 2.45) is 0 Å². The zero-order chi connectivity index (χ0) is 12.1. The van der Waals surface area contributed by atoms with Crippen LogP contribution in [-0.2, 0) is 6.42 Å². The molecule has 0 saturated heterocycles. The summed E-state index contributed by atoms with van der Waals surface area (Å²) in [5.41, 5.74) is 0.408. The Bertz CT molecular complexity index is 380. The molecule has 0 unspecified atom stereocenters. The van der Waals surface area contributed by atoms with Crippen LogP contribution in [0.3, 0.4) is 0 Å². The first-order chi connectivity index (χ1) is 7.50. The van der Waals surface area contributed by atoms with Crippen molar-refractivity contribution in [1.82, 2.24) is 5.32 Å². The molecule has 4 nitrogen and oxygen atoms in total. The van der Waals surface area contributed by atoms with Gasteiger partial charge in [0.2, 0.25) is 0 Å². The summed E-state index contributed by atoms with van der Waals surface area (Å²) in [6.07, 6.45) is 0.451. The van der Waals surface area contributed by atoms with Crippen LogP contribution in [0.15, 0.2) is 18.2 Å². The number of halogens is 1. The molecule has 0 bridgehead atoms. The maximum absolute atomic E-state index is 13.0. The van der Waals surface area contributed by atoms with Crippen LogP contribution in [0.2, 0.25) is 0 Å².